The third-order valence-electron chi connectivity index (χ3n) is 2.72. The minimum Gasteiger partial charge on any atom is -0.495 e. The molecule has 2 rings (SSSR count). The van der Waals surface area contributed by atoms with E-state index < -0.39 is 9.84 Å². The van der Waals surface area contributed by atoms with Crippen LogP contribution in [0.4, 0.5) is 0 Å². The van der Waals surface area contributed by atoms with E-state index >= 15 is 0 Å². The molecule has 19 heavy (non-hydrogen) atoms. The molecule has 7 heteroatoms. The summed E-state index contributed by atoms with van der Waals surface area (Å²) >= 11 is 3.27. The van der Waals surface area contributed by atoms with Crippen LogP contribution in [0, 0.1) is 0 Å². The maximum absolute atomic E-state index is 12.4. The van der Waals surface area contributed by atoms with Crippen LogP contribution in [0.15, 0.2) is 39.8 Å². The van der Waals surface area contributed by atoms with E-state index in [1.807, 2.05) is 0 Å². The van der Waals surface area contributed by atoms with E-state index in [0.29, 0.717) is 15.9 Å². The number of aryl methyl sites for hydroxylation is 1. The molecule has 1 aromatic carbocycles. The maximum Gasteiger partial charge on any atom is 0.187 e. The second kappa shape index (κ2) is 5.34. The highest BCUT2D eigenvalue weighted by molar-refractivity contribution is 9.10. The molecule has 0 radical (unpaired) electrons. The minimum absolute atomic E-state index is 0.115. The molecular weight excluding hydrogens is 332 g/mol. The number of sulfone groups is 1. The summed E-state index contributed by atoms with van der Waals surface area (Å²) in [7, 11) is -0.325. The van der Waals surface area contributed by atoms with Crippen LogP contribution in [0.5, 0.6) is 5.75 Å². The lowest BCUT2D eigenvalue weighted by Gasteiger charge is -2.10. The third-order valence-corrected chi connectivity index (χ3v) is 4.88. The molecule has 102 valence electrons. The van der Waals surface area contributed by atoms with Gasteiger partial charge in [0.15, 0.2) is 9.84 Å². The molecule has 0 fully saturated rings. The Balaban J connectivity index is 2.45. The Morgan fingerprint density at radius 1 is 1.37 bits per heavy atom. The van der Waals surface area contributed by atoms with Gasteiger partial charge in [-0.2, -0.15) is 5.10 Å². The molecule has 0 aliphatic carbocycles. The van der Waals surface area contributed by atoms with Gasteiger partial charge in [0.25, 0.3) is 0 Å². The molecule has 5 nitrogen and oxygen atoms in total. The molecule has 0 amide bonds. The SMILES string of the molecule is COc1ccc(Br)cc1S(=O)(=O)Cc1ccnn1C. The first-order valence-electron chi connectivity index (χ1n) is 5.47. The van der Waals surface area contributed by atoms with Gasteiger partial charge >= 0.3 is 0 Å². The van der Waals surface area contributed by atoms with E-state index in [4.69, 9.17) is 4.74 Å². The number of hydrogen-bond acceptors (Lipinski definition) is 4. The number of ether oxygens (including phenoxy) is 1. The Labute approximate surface area is 120 Å². The van der Waals surface area contributed by atoms with Crippen LogP contribution in [0.3, 0.4) is 0 Å². The van der Waals surface area contributed by atoms with Crippen molar-refractivity contribution in [2.75, 3.05) is 7.11 Å². The highest BCUT2D eigenvalue weighted by atomic mass is 79.9. The molecule has 0 saturated carbocycles. The zero-order chi connectivity index (χ0) is 14.0. The average Bonchev–Trinajstić information content (AvgIpc) is 2.74. The molecule has 0 spiro atoms. The molecule has 2 aromatic rings. The summed E-state index contributed by atoms with van der Waals surface area (Å²) in [4.78, 5) is 0.172. The Morgan fingerprint density at radius 3 is 2.68 bits per heavy atom. The first kappa shape index (κ1) is 14.1. The van der Waals surface area contributed by atoms with Gasteiger partial charge in [0.1, 0.15) is 10.6 Å². The first-order chi connectivity index (χ1) is 8.94. The molecule has 0 unspecified atom stereocenters. The van der Waals surface area contributed by atoms with E-state index in [-0.39, 0.29) is 10.6 Å². The predicted molar refractivity (Wildman–Crippen MR) is 74.8 cm³/mol. The predicted octanol–water partition coefficient (Wildman–Crippen LogP) is 2.17. The fraction of sp³-hybridized carbons (Fsp3) is 0.250. The summed E-state index contributed by atoms with van der Waals surface area (Å²) < 4.78 is 32.2. The van der Waals surface area contributed by atoms with Gasteiger partial charge in [0.2, 0.25) is 0 Å². The normalized spacial score (nSPS) is 11.5. The Hall–Kier alpha value is -1.34. The van der Waals surface area contributed by atoms with Crippen molar-refractivity contribution in [1.29, 1.82) is 0 Å². The molecule has 1 heterocycles. The number of halogens is 1. The van der Waals surface area contributed by atoms with Gasteiger partial charge in [-0.05, 0) is 24.3 Å². The highest BCUT2D eigenvalue weighted by Gasteiger charge is 2.22. The zero-order valence-corrected chi connectivity index (χ0v) is 12.9. The summed E-state index contributed by atoms with van der Waals surface area (Å²) in [6.45, 7) is 0. The van der Waals surface area contributed by atoms with E-state index in [0.717, 1.165) is 0 Å². The molecule has 0 aliphatic heterocycles. The summed E-state index contributed by atoms with van der Waals surface area (Å²) in [5.74, 6) is 0.224. The van der Waals surface area contributed by atoms with Gasteiger partial charge in [0, 0.05) is 17.7 Å². The molecule has 0 atom stereocenters. The Bertz CT molecular complexity index is 695. The van der Waals surface area contributed by atoms with E-state index in [1.165, 1.54) is 7.11 Å². The lowest BCUT2D eigenvalue weighted by Crippen LogP contribution is -2.10. The summed E-state index contributed by atoms with van der Waals surface area (Å²) in [6.07, 6.45) is 1.57. The van der Waals surface area contributed by atoms with Gasteiger partial charge in [-0.1, -0.05) is 15.9 Å². The third kappa shape index (κ3) is 2.98. The maximum atomic E-state index is 12.4. The van der Waals surface area contributed by atoms with Crippen molar-refractivity contribution in [3.8, 4) is 5.75 Å². The fourth-order valence-corrected chi connectivity index (χ4v) is 3.81. The van der Waals surface area contributed by atoms with Crippen LogP contribution >= 0.6 is 15.9 Å². The molecular formula is C12H13BrN2O3S. The van der Waals surface area contributed by atoms with Crippen LogP contribution in [-0.2, 0) is 22.6 Å². The number of methoxy groups -OCH3 is 1. The highest BCUT2D eigenvalue weighted by Crippen LogP contribution is 2.29. The smallest absolute Gasteiger partial charge is 0.187 e. The van der Waals surface area contributed by atoms with Crippen LogP contribution < -0.4 is 4.74 Å². The van der Waals surface area contributed by atoms with Gasteiger partial charge in [0.05, 0.1) is 18.6 Å². The van der Waals surface area contributed by atoms with Crippen molar-refractivity contribution in [3.63, 3.8) is 0 Å². The standard InChI is InChI=1S/C12H13BrN2O3S/c1-15-10(5-6-14-15)8-19(16,17)12-7-9(13)3-4-11(12)18-2/h3-7H,8H2,1-2H3. The Morgan fingerprint density at radius 2 is 2.11 bits per heavy atom. The van der Waals surface area contributed by atoms with Crippen LogP contribution in [0.2, 0.25) is 0 Å². The van der Waals surface area contributed by atoms with Gasteiger partial charge < -0.3 is 4.74 Å². The lowest BCUT2D eigenvalue weighted by molar-refractivity contribution is 0.402. The van der Waals surface area contributed by atoms with Crippen molar-refractivity contribution in [2.45, 2.75) is 10.6 Å². The Kier molecular flexibility index (Phi) is 3.96. The molecule has 0 saturated heterocycles. The van der Waals surface area contributed by atoms with Crippen LogP contribution in [0.25, 0.3) is 0 Å². The van der Waals surface area contributed by atoms with E-state index in [1.54, 1.807) is 42.2 Å². The second-order valence-corrected chi connectivity index (χ2v) is 6.87. The quantitative estimate of drug-likeness (QED) is 0.852. The first-order valence-corrected chi connectivity index (χ1v) is 7.92. The van der Waals surface area contributed by atoms with E-state index in [2.05, 4.69) is 21.0 Å². The van der Waals surface area contributed by atoms with Gasteiger partial charge in [-0.3, -0.25) is 4.68 Å². The van der Waals surface area contributed by atoms with Gasteiger partial charge in [-0.15, -0.1) is 0 Å². The van der Waals surface area contributed by atoms with Crippen LogP contribution in [-0.4, -0.2) is 25.3 Å². The number of hydrogen-bond donors (Lipinski definition) is 0. The minimum atomic E-state index is -3.49. The number of nitrogens with zero attached hydrogens (tertiary/aromatic N) is 2. The summed E-state index contributed by atoms with van der Waals surface area (Å²) in [5.41, 5.74) is 0.627. The summed E-state index contributed by atoms with van der Waals surface area (Å²) in [5, 5.41) is 3.97. The molecule has 1 aromatic heterocycles. The number of aromatic nitrogens is 2. The fourth-order valence-electron chi connectivity index (χ4n) is 1.71. The monoisotopic (exact) mass is 344 g/mol. The largest absolute Gasteiger partial charge is 0.495 e. The van der Waals surface area contributed by atoms with Crippen molar-refractivity contribution < 1.29 is 13.2 Å². The lowest BCUT2D eigenvalue weighted by atomic mass is 10.3. The van der Waals surface area contributed by atoms with E-state index in [9.17, 15) is 8.42 Å². The van der Waals surface area contributed by atoms with Crippen molar-refractivity contribution >= 4 is 25.8 Å². The molecule has 0 N–H and O–H groups in total. The molecule has 0 bridgehead atoms. The zero-order valence-electron chi connectivity index (χ0n) is 10.5. The number of rotatable bonds is 4. The summed E-state index contributed by atoms with van der Waals surface area (Å²) in [6, 6.07) is 6.59. The van der Waals surface area contributed by atoms with Gasteiger partial charge in [-0.25, -0.2) is 8.42 Å². The average molecular weight is 345 g/mol. The topological polar surface area (TPSA) is 61.2 Å². The van der Waals surface area contributed by atoms with Crippen molar-refractivity contribution in [3.05, 3.63) is 40.6 Å². The number of benzene rings is 1. The van der Waals surface area contributed by atoms with Crippen molar-refractivity contribution in [1.82, 2.24) is 9.78 Å². The van der Waals surface area contributed by atoms with Crippen molar-refractivity contribution in [2.24, 2.45) is 7.05 Å². The second-order valence-electron chi connectivity index (χ2n) is 4.00. The van der Waals surface area contributed by atoms with Crippen LogP contribution in [0.1, 0.15) is 5.69 Å². The molecule has 0 aliphatic rings.